The number of phenolic OH excluding ortho intramolecular Hbond substituents is 1. The van der Waals surface area contributed by atoms with E-state index >= 15 is 0 Å². The Hall–Kier alpha value is -1.22. The zero-order valence-electron chi connectivity index (χ0n) is 10.7. The fraction of sp³-hybridized carbons (Fsp3) is 0.333. The Labute approximate surface area is 77.5 Å². The molecule has 0 radical (unpaired) electrons. The van der Waals surface area contributed by atoms with E-state index in [0.717, 1.165) is 0 Å². The van der Waals surface area contributed by atoms with Crippen molar-refractivity contribution in [1.82, 2.24) is 0 Å². The second-order valence-electron chi connectivity index (χ2n) is 2.34. The number of methoxy groups -OCH3 is 1. The first-order valence-electron chi connectivity index (χ1n) is 5.40. The van der Waals surface area contributed by atoms with Gasteiger partial charge in [0, 0.05) is 2.74 Å². The largest absolute Gasteiger partial charge is 0.504 e. The van der Waals surface area contributed by atoms with Gasteiger partial charge in [0.15, 0.2) is 11.5 Å². The number of hydrogen-bond acceptors (Lipinski definition) is 3. The van der Waals surface area contributed by atoms with Crippen LogP contribution in [0.2, 0.25) is 2.82 Å². The van der Waals surface area contributed by atoms with Crippen molar-refractivity contribution in [2.75, 3.05) is 13.6 Å². The van der Waals surface area contributed by atoms with E-state index in [1.54, 1.807) is 0 Å². The summed E-state index contributed by atoms with van der Waals surface area (Å²) in [5.41, 5.74) is 0.566. The van der Waals surface area contributed by atoms with Gasteiger partial charge in [-0.3, -0.25) is 0 Å². The maximum atomic E-state index is 9.34. The third-order valence-corrected chi connectivity index (χ3v) is 1.53. The van der Waals surface area contributed by atoms with Crippen LogP contribution in [0.3, 0.4) is 0 Å². The highest BCUT2D eigenvalue weighted by atomic mass is 16.5. The normalized spacial score (nSPS) is 16.2. The summed E-state index contributed by atoms with van der Waals surface area (Å²) in [7, 11) is 1.40. The number of phenols is 1. The molecule has 1 rings (SSSR count). The first-order chi connectivity index (χ1) is 7.36. The molecule has 0 aliphatic carbocycles. The number of aryl methyl sites for hydroxylation is 1. The summed E-state index contributed by atoms with van der Waals surface area (Å²) < 4.78 is 33.5. The van der Waals surface area contributed by atoms with Crippen molar-refractivity contribution in [2.24, 2.45) is 5.72 Å². The first kappa shape index (κ1) is 4.72. The lowest BCUT2D eigenvalue weighted by atomic mass is 10.1. The van der Waals surface area contributed by atoms with Crippen LogP contribution >= 0.6 is 0 Å². The standard InChI is InChI=1S/C9H13NO2/c1-12-9-6-7(4-5-10)2-3-8(9)11/h2-3,6,11H,4-5,10H2,1H3/i5D2/hD2. The molecule has 0 unspecified atom stereocenters. The number of hydrogen-bond donors (Lipinski definition) is 2. The van der Waals surface area contributed by atoms with E-state index in [2.05, 4.69) is 0 Å². The van der Waals surface area contributed by atoms with Gasteiger partial charge in [0.2, 0.25) is 0 Å². The molecule has 0 saturated carbocycles. The topological polar surface area (TPSA) is 55.5 Å². The molecule has 0 atom stereocenters. The monoisotopic (exact) mass is 171 g/mol. The zero-order chi connectivity index (χ0) is 12.3. The number of nitrogens with two attached hydrogens (primary N) is 1. The molecule has 66 valence electrons. The average Bonchev–Trinajstić information content (AvgIpc) is 2.20. The Morgan fingerprint density at radius 1 is 1.75 bits per heavy atom. The minimum absolute atomic E-state index is 0.0202. The van der Waals surface area contributed by atoms with Gasteiger partial charge < -0.3 is 15.6 Å². The quantitative estimate of drug-likeness (QED) is 0.707. The maximum Gasteiger partial charge on any atom is 0.160 e. The van der Waals surface area contributed by atoms with Crippen molar-refractivity contribution < 1.29 is 15.4 Å². The lowest BCUT2D eigenvalue weighted by Gasteiger charge is -2.05. The molecule has 0 amide bonds. The van der Waals surface area contributed by atoms with Crippen molar-refractivity contribution >= 4 is 0 Å². The highest BCUT2D eigenvalue weighted by Gasteiger charge is 2.00. The van der Waals surface area contributed by atoms with Crippen LogP contribution in [0.15, 0.2) is 18.2 Å². The number of rotatable bonds is 4. The maximum absolute atomic E-state index is 9.34. The molecule has 0 bridgehead atoms. The van der Waals surface area contributed by atoms with Crippen LogP contribution in [-0.4, -0.2) is 18.7 Å². The van der Waals surface area contributed by atoms with E-state index in [-0.39, 0.29) is 23.6 Å². The molecule has 0 aliphatic heterocycles. The number of ether oxygens (including phenoxy) is 1. The molecule has 0 heterocycles. The molecule has 0 fully saturated rings. The molecular weight excluding hydrogens is 154 g/mol. The van der Waals surface area contributed by atoms with Gasteiger partial charge in [-0.25, -0.2) is 0 Å². The van der Waals surface area contributed by atoms with E-state index in [4.69, 9.17) is 10.3 Å². The fourth-order valence-electron chi connectivity index (χ4n) is 0.923. The third kappa shape index (κ3) is 1.89. The van der Waals surface area contributed by atoms with Gasteiger partial charge >= 0.3 is 0 Å². The molecule has 0 saturated heterocycles. The first-order valence-corrected chi connectivity index (χ1v) is 3.50. The minimum Gasteiger partial charge on any atom is -0.504 e. The molecule has 12 heavy (non-hydrogen) atoms. The predicted octanol–water partition coefficient (Wildman–Crippen LogP) is 0.902. The summed E-state index contributed by atoms with van der Waals surface area (Å²) in [6, 6.07) is 4.40. The SMILES string of the molecule is [2H]N([2H])C([2H])([2H])Cc1ccc(O)c(OC)c1. The zero-order valence-corrected chi connectivity index (χ0v) is 6.74. The average molecular weight is 171 g/mol. The van der Waals surface area contributed by atoms with Crippen LogP contribution < -0.4 is 10.5 Å². The second-order valence-corrected chi connectivity index (χ2v) is 2.34. The fourth-order valence-corrected chi connectivity index (χ4v) is 0.923. The highest BCUT2D eigenvalue weighted by molar-refractivity contribution is 5.41. The molecule has 1 aromatic carbocycles. The van der Waals surface area contributed by atoms with Crippen molar-refractivity contribution in [2.45, 2.75) is 6.42 Å². The van der Waals surface area contributed by atoms with Gasteiger partial charge in [-0.15, -0.1) is 0 Å². The van der Waals surface area contributed by atoms with E-state index in [9.17, 15) is 5.11 Å². The highest BCUT2D eigenvalue weighted by Crippen LogP contribution is 2.26. The molecule has 3 heteroatoms. The molecule has 0 spiro atoms. The van der Waals surface area contributed by atoms with Crippen LogP contribution in [0.5, 0.6) is 11.5 Å². The summed E-state index contributed by atoms with van der Waals surface area (Å²) in [4.78, 5) is 0. The number of benzene rings is 1. The van der Waals surface area contributed by atoms with Gasteiger partial charge in [0.25, 0.3) is 0 Å². The van der Waals surface area contributed by atoms with Crippen molar-refractivity contribution in [1.29, 1.82) is 0 Å². The summed E-state index contributed by atoms with van der Waals surface area (Å²) in [5, 5.41) is 9.34. The molecule has 0 aromatic heterocycles. The molecule has 0 aliphatic rings. The lowest BCUT2D eigenvalue weighted by Crippen LogP contribution is -2.02. The van der Waals surface area contributed by atoms with E-state index < -0.39 is 6.50 Å². The minimum atomic E-state index is -2.08. The number of aromatic hydroxyl groups is 1. The van der Waals surface area contributed by atoms with E-state index in [0.29, 0.717) is 5.56 Å². The van der Waals surface area contributed by atoms with Crippen LogP contribution in [-0.2, 0) is 6.42 Å². The smallest absolute Gasteiger partial charge is 0.160 e. The Kier molecular flexibility index (Phi) is 1.56. The van der Waals surface area contributed by atoms with Crippen molar-refractivity contribution in [3.05, 3.63) is 23.8 Å². The molecule has 1 aromatic rings. The van der Waals surface area contributed by atoms with Crippen LogP contribution in [0.1, 0.15) is 8.30 Å². The molecular formula is C9H13NO2. The predicted molar refractivity (Wildman–Crippen MR) is 47.4 cm³/mol. The Bertz CT molecular complexity index is 371. The van der Waals surface area contributed by atoms with Gasteiger partial charge in [-0.1, -0.05) is 6.07 Å². The van der Waals surface area contributed by atoms with Gasteiger partial charge in [-0.05, 0) is 30.6 Å². The van der Waals surface area contributed by atoms with Crippen LogP contribution in [0.4, 0.5) is 0 Å². The van der Waals surface area contributed by atoms with Crippen molar-refractivity contribution in [3.8, 4) is 11.5 Å². The Balaban J connectivity index is 2.90. The van der Waals surface area contributed by atoms with E-state index in [1.807, 2.05) is 0 Å². The van der Waals surface area contributed by atoms with E-state index in [1.165, 1.54) is 25.3 Å². The third-order valence-electron chi connectivity index (χ3n) is 1.53. The van der Waals surface area contributed by atoms with Gasteiger partial charge in [-0.2, -0.15) is 0 Å². The lowest BCUT2D eigenvalue weighted by molar-refractivity contribution is 0.373. The second kappa shape index (κ2) is 3.97. The molecule has 3 N–H and O–H groups in total. The summed E-state index contributed by atoms with van der Waals surface area (Å²) >= 11 is 0. The Morgan fingerprint density at radius 2 is 2.58 bits per heavy atom. The van der Waals surface area contributed by atoms with Crippen molar-refractivity contribution in [3.63, 3.8) is 0 Å². The summed E-state index contributed by atoms with van der Waals surface area (Å²) in [6.07, 6.45) is -0.128. The van der Waals surface area contributed by atoms with Crippen LogP contribution in [0, 0.1) is 0 Å². The van der Waals surface area contributed by atoms with Gasteiger partial charge in [0.1, 0.15) is 2.82 Å². The molecule has 3 nitrogen and oxygen atoms in total. The summed E-state index contributed by atoms with van der Waals surface area (Å²) in [5.74, 6) is 0.218. The van der Waals surface area contributed by atoms with Crippen LogP contribution in [0.25, 0.3) is 0 Å². The summed E-state index contributed by atoms with van der Waals surface area (Å²) in [6.45, 7) is -2.08. The van der Waals surface area contributed by atoms with Gasteiger partial charge in [0.05, 0.1) is 7.11 Å². The Morgan fingerprint density at radius 3 is 3.25 bits per heavy atom.